The summed E-state index contributed by atoms with van der Waals surface area (Å²) in [6.07, 6.45) is 1.29. The quantitative estimate of drug-likeness (QED) is 0.681. The average molecular weight is 169 g/mol. The summed E-state index contributed by atoms with van der Waals surface area (Å²) in [4.78, 5) is 12.8. The summed E-state index contributed by atoms with van der Waals surface area (Å²) < 4.78 is 17.7. The van der Waals surface area contributed by atoms with Crippen LogP contribution in [-0.2, 0) is 0 Å². The zero-order valence-electron chi connectivity index (χ0n) is 5.80. The van der Waals surface area contributed by atoms with E-state index < -0.39 is 17.5 Å². The van der Waals surface area contributed by atoms with Crippen molar-refractivity contribution in [3.63, 3.8) is 0 Å². The summed E-state index contributed by atoms with van der Waals surface area (Å²) in [5.74, 6) is -2.19. The van der Waals surface area contributed by atoms with Crippen molar-refractivity contribution in [1.29, 1.82) is 0 Å². The van der Waals surface area contributed by atoms with Gasteiger partial charge in [0.2, 0.25) is 0 Å². The minimum Gasteiger partial charge on any atom is -0.476 e. The minimum absolute atomic E-state index is 0.0487. The Bertz CT molecular complexity index is 442. The molecule has 62 valence electrons. The average Bonchev–Trinajstić information content (AvgIpc) is 2.53. The maximum Gasteiger partial charge on any atom is 0.355 e. The van der Waals surface area contributed by atoms with Crippen molar-refractivity contribution in [2.45, 2.75) is 0 Å². The summed E-state index contributed by atoms with van der Waals surface area (Å²) >= 11 is 0. The van der Waals surface area contributed by atoms with Crippen LogP contribution in [0.2, 0.25) is 0 Å². The van der Waals surface area contributed by atoms with Gasteiger partial charge in [0.1, 0.15) is 0 Å². The Hall–Kier alpha value is -1.78. The molecule has 0 aliphatic carbocycles. The van der Waals surface area contributed by atoms with Crippen LogP contribution in [0.15, 0.2) is 16.7 Å². The molecule has 2 aromatic heterocycles. The predicted octanol–water partition coefficient (Wildman–Crippen LogP) is 1.60. The zero-order valence-corrected chi connectivity index (χ0v) is 5.80. The number of carboxylic acid groups (broad SMARTS) is 1. The molecule has 0 spiro atoms. The van der Waals surface area contributed by atoms with E-state index in [-0.39, 0.29) is 5.58 Å². The van der Waals surface area contributed by atoms with E-state index in [1.165, 1.54) is 12.3 Å². The lowest BCUT2D eigenvalue weighted by atomic mass is 10.4. The molecule has 2 N–H and O–H groups in total. The van der Waals surface area contributed by atoms with Crippen LogP contribution in [0.5, 0.6) is 0 Å². The van der Waals surface area contributed by atoms with Crippen LogP contribution in [0.1, 0.15) is 10.5 Å². The van der Waals surface area contributed by atoms with Crippen LogP contribution in [0.3, 0.4) is 0 Å². The number of H-pyrrole nitrogens is 1. The molecule has 0 aliphatic heterocycles. The summed E-state index contributed by atoms with van der Waals surface area (Å²) in [5.41, 5.74) is -0.165. The van der Waals surface area contributed by atoms with Gasteiger partial charge in [-0.25, -0.2) is 9.18 Å². The van der Waals surface area contributed by atoms with Crippen molar-refractivity contribution < 1.29 is 18.7 Å². The van der Waals surface area contributed by atoms with Gasteiger partial charge in [0.25, 0.3) is 0 Å². The number of halogens is 1. The van der Waals surface area contributed by atoms with Crippen molar-refractivity contribution in [2.75, 3.05) is 0 Å². The Balaban J connectivity index is 2.78. The first-order valence-corrected chi connectivity index (χ1v) is 3.18. The largest absolute Gasteiger partial charge is 0.476 e. The van der Waals surface area contributed by atoms with Gasteiger partial charge < -0.3 is 14.5 Å². The molecule has 0 radical (unpaired) electrons. The SMILES string of the molecule is O=C(O)c1[nH]c2ccoc2c1F. The third-order valence-electron chi connectivity index (χ3n) is 1.56. The van der Waals surface area contributed by atoms with Gasteiger partial charge >= 0.3 is 5.97 Å². The molecule has 5 heteroatoms. The lowest BCUT2D eigenvalue weighted by molar-refractivity contribution is 0.0686. The number of furan rings is 1. The molecule has 0 unspecified atom stereocenters. The van der Waals surface area contributed by atoms with E-state index in [9.17, 15) is 9.18 Å². The molecule has 0 aliphatic rings. The first-order chi connectivity index (χ1) is 5.70. The maximum absolute atomic E-state index is 13.0. The summed E-state index contributed by atoms with van der Waals surface area (Å²) in [7, 11) is 0. The first kappa shape index (κ1) is 6.90. The van der Waals surface area contributed by atoms with E-state index in [1.54, 1.807) is 0 Å². The second-order valence-electron chi connectivity index (χ2n) is 2.28. The van der Waals surface area contributed by atoms with Gasteiger partial charge in [0, 0.05) is 6.07 Å². The molecule has 0 saturated carbocycles. The van der Waals surface area contributed by atoms with E-state index >= 15 is 0 Å². The van der Waals surface area contributed by atoms with Gasteiger partial charge in [-0.3, -0.25) is 0 Å². The zero-order chi connectivity index (χ0) is 8.72. The fraction of sp³-hybridized carbons (Fsp3) is 0. The van der Waals surface area contributed by atoms with Crippen molar-refractivity contribution in [3.05, 3.63) is 23.8 Å². The highest BCUT2D eigenvalue weighted by Gasteiger charge is 2.18. The molecule has 0 atom stereocenters. The molecule has 2 aromatic rings. The van der Waals surface area contributed by atoms with E-state index in [1.807, 2.05) is 0 Å². The number of hydrogen-bond donors (Lipinski definition) is 2. The monoisotopic (exact) mass is 169 g/mol. The molecule has 2 heterocycles. The van der Waals surface area contributed by atoms with Gasteiger partial charge in [0.15, 0.2) is 17.1 Å². The van der Waals surface area contributed by atoms with E-state index in [0.717, 1.165) is 0 Å². The Morgan fingerprint density at radius 3 is 3.00 bits per heavy atom. The number of aromatic amines is 1. The number of aromatic nitrogens is 1. The second kappa shape index (κ2) is 2.10. The van der Waals surface area contributed by atoms with E-state index in [4.69, 9.17) is 9.52 Å². The first-order valence-electron chi connectivity index (χ1n) is 3.18. The number of carbonyl (C=O) groups is 1. The van der Waals surface area contributed by atoms with Crippen LogP contribution in [-0.4, -0.2) is 16.1 Å². The number of nitrogens with one attached hydrogen (secondary N) is 1. The summed E-state index contributed by atoms with van der Waals surface area (Å²) in [6.45, 7) is 0. The molecule has 2 rings (SSSR count). The van der Waals surface area contributed by atoms with Crippen LogP contribution >= 0.6 is 0 Å². The number of rotatable bonds is 1. The molecule has 0 bridgehead atoms. The highest BCUT2D eigenvalue weighted by molar-refractivity contribution is 5.92. The number of fused-ring (bicyclic) bond motifs is 1. The van der Waals surface area contributed by atoms with E-state index in [2.05, 4.69) is 4.98 Å². The van der Waals surface area contributed by atoms with Crippen molar-refractivity contribution in [3.8, 4) is 0 Å². The Morgan fingerprint density at radius 1 is 1.67 bits per heavy atom. The molecule has 0 amide bonds. The highest BCUT2D eigenvalue weighted by Crippen LogP contribution is 2.21. The van der Waals surface area contributed by atoms with Gasteiger partial charge in [-0.2, -0.15) is 0 Å². The number of carboxylic acids is 1. The summed E-state index contributed by atoms with van der Waals surface area (Å²) in [6, 6.07) is 1.46. The van der Waals surface area contributed by atoms with E-state index in [0.29, 0.717) is 5.52 Å². The van der Waals surface area contributed by atoms with Gasteiger partial charge in [-0.1, -0.05) is 0 Å². The summed E-state index contributed by atoms with van der Waals surface area (Å²) in [5, 5.41) is 8.47. The molecular weight excluding hydrogens is 165 g/mol. The predicted molar refractivity (Wildman–Crippen MR) is 37.5 cm³/mol. The molecule has 0 saturated heterocycles. The van der Waals surface area contributed by atoms with Crippen LogP contribution in [0.25, 0.3) is 11.1 Å². The lowest BCUT2D eigenvalue weighted by Gasteiger charge is -1.85. The van der Waals surface area contributed by atoms with Crippen LogP contribution in [0.4, 0.5) is 4.39 Å². The Labute approximate surface area is 65.6 Å². The Kier molecular flexibility index (Phi) is 1.21. The molecule has 12 heavy (non-hydrogen) atoms. The normalized spacial score (nSPS) is 10.8. The smallest absolute Gasteiger partial charge is 0.355 e. The molecule has 0 aromatic carbocycles. The third kappa shape index (κ3) is 0.730. The fourth-order valence-corrected chi connectivity index (χ4v) is 1.03. The topological polar surface area (TPSA) is 66.2 Å². The second-order valence-corrected chi connectivity index (χ2v) is 2.28. The fourth-order valence-electron chi connectivity index (χ4n) is 1.03. The number of aromatic carboxylic acids is 1. The van der Waals surface area contributed by atoms with Crippen molar-refractivity contribution >= 4 is 17.1 Å². The van der Waals surface area contributed by atoms with Crippen LogP contribution < -0.4 is 0 Å². The van der Waals surface area contributed by atoms with Gasteiger partial charge in [-0.15, -0.1) is 0 Å². The minimum atomic E-state index is -1.33. The van der Waals surface area contributed by atoms with Crippen molar-refractivity contribution in [1.82, 2.24) is 4.98 Å². The molecule has 4 nitrogen and oxygen atoms in total. The standard InChI is InChI=1S/C7H4FNO3/c8-4-5(7(10)11)9-3-1-2-12-6(3)4/h1-2,9H,(H,10,11). The Morgan fingerprint density at radius 2 is 2.42 bits per heavy atom. The maximum atomic E-state index is 13.0. The lowest BCUT2D eigenvalue weighted by Crippen LogP contribution is -1.98. The molecular formula is C7H4FNO3. The molecule has 0 fully saturated rings. The van der Waals surface area contributed by atoms with Crippen molar-refractivity contribution in [2.24, 2.45) is 0 Å². The van der Waals surface area contributed by atoms with Gasteiger partial charge in [-0.05, 0) is 0 Å². The third-order valence-corrected chi connectivity index (χ3v) is 1.56. The highest BCUT2D eigenvalue weighted by atomic mass is 19.1. The van der Waals surface area contributed by atoms with Crippen LogP contribution in [0, 0.1) is 5.82 Å². The van der Waals surface area contributed by atoms with Gasteiger partial charge in [0.05, 0.1) is 11.8 Å². The number of hydrogen-bond acceptors (Lipinski definition) is 2.